The number of aryl methyl sites for hydroxylation is 2. The lowest BCUT2D eigenvalue weighted by molar-refractivity contribution is 0.0702. The van der Waals surface area contributed by atoms with E-state index in [1.807, 2.05) is 39.0 Å². The van der Waals surface area contributed by atoms with Gasteiger partial charge in [-0.15, -0.1) is 0 Å². The third-order valence-corrected chi connectivity index (χ3v) is 6.64. The highest BCUT2D eigenvalue weighted by molar-refractivity contribution is 7.91. The first-order valence-electron chi connectivity index (χ1n) is 9.11. The van der Waals surface area contributed by atoms with Crippen LogP contribution in [0.25, 0.3) is 0 Å². The second-order valence-electron chi connectivity index (χ2n) is 7.02. The van der Waals surface area contributed by atoms with Crippen molar-refractivity contribution in [2.45, 2.75) is 33.2 Å². The summed E-state index contributed by atoms with van der Waals surface area (Å²) >= 11 is 0. The molecule has 7 heteroatoms. The largest absolute Gasteiger partial charge is 0.355 e. The molecule has 1 atom stereocenters. The van der Waals surface area contributed by atoms with Gasteiger partial charge in [0.1, 0.15) is 5.69 Å². The maximum Gasteiger partial charge on any atom is 0.272 e. The van der Waals surface area contributed by atoms with Crippen LogP contribution < -0.4 is 5.32 Å². The Balaban J connectivity index is 1.80. The van der Waals surface area contributed by atoms with Crippen molar-refractivity contribution < 1.29 is 13.2 Å². The number of benzene rings is 1. The van der Waals surface area contributed by atoms with Gasteiger partial charge in [-0.1, -0.05) is 17.7 Å². The van der Waals surface area contributed by atoms with Crippen LogP contribution in [0.15, 0.2) is 36.5 Å². The fourth-order valence-corrected chi connectivity index (χ4v) is 5.20. The van der Waals surface area contributed by atoms with E-state index in [2.05, 4.69) is 16.4 Å². The summed E-state index contributed by atoms with van der Waals surface area (Å²) in [6.45, 7) is 6.39. The Bertz CT molecular complexity index is 957. The van der Waals surface area contributed by atoms with Crippen LogP contribution >= 0.6 is 0 Å². The first-order valence-corrected chi connectivity index (χ1v) is 10.9. The predicted molar refractivity (Wildman–Crippen MR) is 107 cm³/mol. The highest BCUT2D eigenvalue weighted by Gasteiger charge is 2.34. The molecule has 144 valence electrons. The van der Waals surface area contributed by atoms with Crippen LogP contribution in [0.2, 0.25) is 0 Å². The normalized spacial score (nSPS) is 18.3. The summed E-state index contributed by atoms with van der Waals surface area (Å²) in [6, 6.07) is 9.39. The van der Waals surface area contributed by atoms with Gasteiger partial charge in [0.2, 0.25) is 0 Å². The average Bonchev–Trinajstić information content (AvgIpc) is 2.98. The summed E-state index contributed by atoms with van der Waals surface area (Å²) in [5.74, 6) is -0.0557. The third-order valence-electron chi connectivity index (χ3n) is 4.89. The van der Waals surface area contributed by atoms with Gasteiger partial charge in [0.15, 0.2) is 9.84 Å². The summed E-state index contributed by atoms with van der Waals surface area (Å²) in [7, 11) is -3.05. The van der Waals surface area contributed by atoms with Crippen molar-refractivity contribution in [3.8, 4) is 0 Å². The van der Waals surface area contributed by atoms with E-state index in [1.165, 1.54) is 5.56 Å². The lowest BCUT2D eigenvalue weighted by atomic mass is 10.1. The van der Waals surface area contributed by atoms with E-state index >= 15 is 0 Å². The summed E-state index contributed by atoms with van der Waals surface area (Å²) in [4.78, 5) is 18.8. The lowest BCUT2D eigenvalue weighted by Crippen LogP contribution is -2.41. The van der Waals surface area contributed by atoms with Gasteiger partial charge in [-0.3, -0.25) is 9.78 Å². The fourth-order valence-electron chi connectivity index (χ4n) is 3.47. The van der Waals surface area contributed by atoms with Crippen LogP contribution in [0.1, 0.15) is 35.0 Å². The Labute approximate surface area is 160 Å². The molecule has 1 N–H and O–H groups in total. The molecule has 0 radical (unpaired) electrons. The Morgan fingerprint density at radius 2 is 2.04 bits per heavy atom. The lowest BCUT2D eigenvalue weighted by Gasteiger charge is -2.26. The number of nitrogens with one attached hydrogen (secondary N) is 1. The number of aromatic nitrogens is 1. The van der Waals surface area contributed by atoms with E-state index in [9.17, 15) is 13.2 Å². The minimum absolute atomic E-state index is 0.0348. The highest BCUT2D eigenvalue weighted by atomic mass is 32.2. The molecular weight excluding hydrogens is 362 g/mol. The molecule has 1 aliphatic heterocycles. The molecule has 2 heterocycles. The van der Waals surface area contributed by atoms with Crippen LogP contribution in [0.5, 0.6) is 0 Å². The average molecular weight is 388 g/mol. The number of pyridine rings is 1. The third kappa shape index (κ3) is 4.47. The van der Waals surface area contributed by atoms with E-state index in [0.29, 0.717) is 18.7 Å². The summed E-state index contributed by atoms with van der Waals surface area (Å²) < 4.78 is 23.5. The van der Waals surface area contributed by atoms with Crippen LogP contribution in [0.4, 0.5) is 11.4 Å². The number of sulfone groups is 1. The molecule has 1 aromatic heterocycles. The van der Waals surface area contributed by atoms with Crippen molar-refractivity contribution in [3.63, 3.8) is 0 Å². The first-order chi connectivity index (χ1) is 12.8. The van der Waals surface area contributed by atoms with Crippen molar-refractivity contribution >= 4 is 27.1 Å². The number of rotatable bonds is 5. The fraction of sp³-hybridized carbons (Fsp3) is 0.400. The zero-order valence-electron chi connectivity index (χ0n) is 15.9. The molecule has 0 bridgehead atoms. The summed E-state index contributed by atoms with van der Waals surface area (Å²) in [5.41, 5.74) is 4.37. The van der Waals surface area contributed by atoms with E-state index < -0.39 is 9.84 Å². The van der Waals surface area contributed by atoms with E-state index in [1.54, 1.807) is 17.2 Å². The van der Waals surface area contributed by atoms with E-state index in [-0.39, 0.29) is 23.5 Å². The van der Waals surface area contributed by atoms with Gasteiger partial charge in [-0.05, 0) is 51.0 Å². The molecule has 6 nitrogen and oxygen atoms in total. The van der Waals surface area contributed by atoms with E-state index in [4.69, 9.17) is 0 Å². The van der Waals surface area contributed by atoms with Gasteiger partial charge < -0.3 is 10.2 Å². The first kappa shape index (κ1) is 19.4. The zero-order valence-corrected chi connectivity index (χ0v) is 16.7. The second-order valence-corrected chi connectivity index (χ2v) is 9.25. The molecule has 1 unspecified atom stereocenters. The Kier molecular flexibility index (Phi) is 5.51. The van der Waals surface area contributed by atoms with Gasteiger partial charge in [0, 0.05) is 30.2 Å². The number of carbonyl (C=O) groups excluding carboxylic acids is 1. The van der Waals surface area contributed by atoms with Crippen molar-refractivity contribution in [2.75, 3.05) is 23.4 Å². The van der Waals surface area contributed by atoms with Gasteiger partial charge in [-0.25, -0.2) is 8.42 Å². The van der Waals surface area contributed by atoms with Crippen molar-refractivity contribution in [2.24, 2.45) is 0 Å². The Morgan fingerprint density at radius 3 is 2.67 bits per heavy atom. The standard InChI is InChI=1S/C20H25N3O3S/c1-4-23(17-8-10-27(25,26)13-17)20(24)19-12-16(7-9-21-19)22-18-6-5-14(2)11-15(18)3/h5-7,9,11-12,17H,4,8,10,13H2,1-3H3,(H,21,22). The Hall–Kier alpha value is -2.41. The molecule has 3 rings (SSSR count). The maximum absolute atomic E-state index is 12.9. The van der Waals surface area contributed by atoms with Gasteiger partial charge >= 0.3 is 0 Å². The molecule has 1 saturated heterocycles. The van der Waals surface area contributed by atoms with Crippen LogP contribution in [-0.4, -0.2) is 48.3 Å². The smallest absolute Gasteiger partial charge is 0.272 e. The Morgan fingerprint density at radius 1 is 1.26 bits per heavy atom. The number of nitrogens with zero attached hydrogens (tertiary/aromatic N) is 2. The SMILES string of the molecule is CCN(C(=O)c1cc(Nc2ccc(C)cc2C)ccn1)C1CCS(=O)(=O)C1. The molecule has 1 aromatic carbocycles. The van der Waals surface area contributed by atoms with Gasteiger partial charge in [0.25, 0.3) is 5.91 Å². The highest BCUT2D eigenvalue weighted by Crippen LogP contribution is 2.23. The molecule has 1 amide bonds. The molecule has 1 aliphatic rings. The maximum atomic E-state index is 12.9. The van der Waals surface area contributed by atoms with Gasteiger partial charge in [-0.2, -0.15) is 0 Å². The van der Waals surface area contributed by atoms with Crippen LogP contribution in [-0.2, 0) is 9.84 Å². The molecule has 1 fully saturated rings. The van der Waals surface area contributed by atoms with Gasteiger partial charge in [0.05, 0.1) is 11.5 Å². The zero-order chi connectivity index (χ0) is 19.6. The van der Waals surface area contributed by atoms with Crippen LogP contribution in [0.3, 0.4) is 0 Å². The van der Waals surface area contributed by atoms with Crippen molar-refractivity contribution in [1.29, 1.82) is 0 Å². The van der Waals surface area contributed by atoms with Crippen LogP contribution in [0, 0.1) is 13.8 Å². The number of hydrogen-bond acceptors (Lipinski definition) is 5. The molecule has 27 heavy (non-hydrogen) atoms. The van der Waals surface area contributed by atoms with E-state index in [0.717, 1.165) is 16.9 Å². The molecular formula is C20H25N3O3S. The van der Waals surface area contributed by atoms with Crippen molar-refractivity contribution in [3.05, 3.63) is 53.3 Å². The second kappa shape index (κ2) is 7.68. The number of anilines is 2. The molecule has 0 aliphatic carbocycles. The number of amides is 1. The quantitative estimate of drug-likeness (QED) is 0.853. The monoisotopic (exact) mass is 387 g/mol. The number of hydrogen-bond donors (Lipinski definition) is 1. The number of carbonyl (C=O) groups is 1. The molecule has 2 aromatic rings. The summed E-state index contributed by atoms with van der Waals surface area (Å²) in [6.07, 6.45) is 2.08. The minimum atomic E-state index is -3.05. The molecule has 0 saturated carbocycles. The predicted octanol–water partition coefficient (Wildman–Crippen LogP) is 3.09. The minimum Gasteiger partial charge on any atom is -0.355 e. The summed E-state index contributed by atoms with van der Waals surface area (Å²) in [5, 5.41) is 3.33. The topological polar surface area (TPSA) is 79.4 Å². The van der Waals surface area contributed by atoms with Crippen molar-refractivity contribution in [1.82, 2.24) is 9.88 Å². The molecule has 0 spiro atoms.